The fourth-order valence-electron chi connectivity index (χ4n) is 5.65. The van der Waals surface area contributed by atoms with Gasteiger partial charge in [0, 0.05) is 35.6 Å². The summed E-state index contributed by atoms with van der Waals surface area (Å²) in [5.41, 5.74) is -3.10. The van der Waals surface area contributed by atoms with Crippen molar-refractivity contribution in [2.24, 2.45) is 0 Å². The summed E-state index contributed by atoms with van der Waals surface area (Å²) in [6.45, 7) is -0.251. The number of benzene rings is 2. The maximum atomic E-state index is 14.4. The van der Waals surface area contributed by atoms with E-state index in [9.17, 15) is 39.6 Å². The first-order valence-corrected chi connectivity index (χ1v) is 15.8. The van der Waals surface area contributed by atoms with Crippen LogP contribution >= 0.6 is 0 Å². The number of carbonyl (C=O) groups is 1. The molecule has 0 amide bonds. The van der Waals surface area contributed by atoms with Crippen molar-refractivity contribution < 1.29 is 58.9 Å². The van der Waals surface area contributed by atoms with Crippen LogP contribution in [0.4, 0.5) is 26.3 Å². The van der Waals surface area contributed by atoms with Crippen LogP contribution in [0.25, 0.3) is 11.1 Å². The second-order valence-electron chi connectivity index (χ2n) is 10.9. The molecule has 2 atom stereocenters. The Morgan fingerprint density at radius 2 is 1.76 bits per heavy atom. The normalized spacial score (nSPS) is 17.8. The Bertz CT molecular complexity index is 1690. The first-order chi connectivity index (χ1) is 21.0. The van der Waals surface area contributed by atoms with Gasteiger partial charge in [0.1, 0.15) is 27.4 Å². The van der Waals surface area contributed by atoms with Gasteiger partial charge in [-0.15, -0.1) is 0 Å². The van der Waals surface area contributed by atoms with Crippen LogP contribution in [0.3, 0.4) is 0 Å². The number of fused-ring (bicyclic) bond motifs is 2. The Kier molecular flexibility index (Phi) is 8.68. The summed E-state index contributed by atoms with van der Waals surface area (Å²) in [6.07, 6.45) is -8.62. The Labute approximate surface area is 253 Å². The first-order valence-electron chi connectivity index (χ1n) is 13.8. The molecule has 242 valence electrons. The number of hydrogen-bond acceptors (Lipinski definition) is 7. The highest BCUT2D eigenvalue weighted by Gasteiger charge is 2.43. The number of aromatic nitrogens is 1. The summed E-state index contributed by atoms with van der Waals surface area (Å²) in [5.74, 6) is -1.91. The van der Waals surface area contributed by atoms with Gasteiger partial charge >= 0.3 is 18.3 Å². The number of carboxylic acid groups (broad SMARTS) is 1. The smallest absolute Gasteiger partial charge is 0.417 e. The summed E-state index contributed by atoms with van der Waals surface area (Å²) < 4.78 is 126. The number of ether oxygens (including phenoxy) is 3. The highest BCUT2D eigenvalue weighted by Crippen LogP contribution is 2.50. The Balaban J connectivity index is 1.49. The molecule has 5 rings (SSSR count). The fraction of sp³-hybridized carbons (Fsp3) is 0.400. The van der Waals surface area contributed by atoms with Crippen molar-refractivity contribution in [3.8, 4) is 28.5 Å². The molecule has 0 spiro atoms. The van der Waals surface area contributed by atoms with Crippen molar-refractivity contribution in [2.45, 2.75) is 50.1 Å². The van der Waals surface area contributed by atoms with Crippen molar-refractivity contribution in [1.82, 2.24) is 4.98 Å². The quantitative estimate of drug-likeness (QED) is 0.191. The molecule has 0 bridgehead atoms. The third-order valence-corrected chi connectivity index (χ3v) is 8.60. The van der Waals surface area contributed by atoms with Crippen molar-refractivity contribution in [3.63, 3.8) is 0 Å². The maximum absolute atomic E-state index is 14.4. The highest BCUT2D eigenvalue weighted by molar-refractivity contribution is 7.90. The summed E-state index contributed by atoms with van der Waals surface area (Å²) in [4.78, 5) is 15.3. The average Bonchev–Trinajstić information content (AvgIpc) is 3.52. The SMILES string of the molecule is CS(=O)(=O)CCCOc1cc(C(F)(F)F)c(-c2cccc3c2CCC3Oc2cc3c(cn2)C(CC(=O)O)CO3)c(C(F)(F)F)c1. The van der Waals surface area contributed by atoms with Crippen LogP contribution < -0.4 is 14.2 Å². The average molecular weight is 660 g/mol. The number of pyridine rings is 1. The molecule has 1 aromatic heterocycles. The molecule has 2 unspecified atom stereocenters. The van der Waals surface area contributed by atoms with Gasteiger partial charge in [-0.1, -0.05) is 18.2 Å². The topological polar surface area (TPSA) is 112 Å². The minimum absolute atomic E-state index is 0.109. The molecule has 2 aromatic carbocycles. The molecule has 0 saturated heterocycles. The van der Waals surface area contributed by atoms with E-state index in [2.05, 4.69) is 4.98 Å². The van der Waals surface area contributed by atoms with Gasteiger partial charge in [0.25, 0.3) is 0 Å². The molecule has 0 saturated carbocycles. The predicted octanol–water partition coefficient (Wildman–Crippen LogP) is 6.62. The number of halogens is 6. The third kappa shape index (κ3) is 7.29. The van der Waals surface area contributed by atoms with Crippen LogP contribution in [0.1, 0.15) is 59.1 Å². The molecule has 2 heterocycles. The molecule has 1 aliphatic carbocycles. The maximum Gasteiger partial charge on any atom is 0.417 e. The number of nitrogens with zero attached hydrogens (tertiary/aromatic N) is 1. The van der Waals surface area contributed by atoms with Crippen molar-refractivity contribution >= 4 is 15.8 Å². The minimum Gasteiger partial charge on any atom is -0.494 e. The van der Waals surface area contributed by atoms with Crippen molar-refractivity contribution in [1.29, 1.82) is 0 Å². The standard InChI is InChI=1S/C30H27F6NO7S/c1-45(40,41)9-3-8-42-17-11-22(29(31,32)33)28(23(12-17)30(34,35)36)20-5-2-4-19-18(20)6-7-24(19)44-26-13-25-21(14-37-26)16(15-43-25)10-27(38)39/h2,4-5,11-14,16,24H,3,6-10,15H2,1H3,(H,38,39). The summed E-state index contributed by atoms with van der Waals surface area (Å²) in [7, 11) is -3.40. The van der Waals surface area contributed by atoms with E-state index >= 15 is 0 Å². The molecule has 1 N–H and O–H groups in total. The number of alkyl halides is 6. The number of rotatable bonds is 10. The lowest BCUT2D eigenvalue weighted by Crippen LogP contribution is -2.16. The highest BCUT2D eigenvalue weighted by atomic mass is 32.2. The monoisotopic (exact) mass is 659 g/mol. The molecule has 3 aromatic rings. The molecule has 2 aliphatic rings. The van der Waals surface area contributed by atoms with Gasteiger partial charge in [0.15, 0.2) is 0 Å². The van der Waals surface area contributed by atoms with Crippen LogP contribution in [-0.2, 0) is 33.4 Å². The Morgan fingerprint density at radius 3 is 2.38 bits per heavy atom. The van der Waals surface area contributed by atoms with Gasteiger partial charge in [-0.2, -0.15) is 26.3 Å². The minimum atomic E-state index is -5.19. The van der Waals surface area contributed by atoms with E-state index in [1.165, 1.54) is 24.4 Å². The van der Waals surface area contributed by atoms with Gasteiger partial charge < -0.3 is 19.3 Å². The van der Waals surface area contributed by atoms with Gasteiger partial charge in [0.05, 0.1) is 36.5 Å². The van der Waals surface area contributed by atoms with Gasteiger partial charge in [-0.05, 0) is 48.1 Å². The van der Waals surface area contributed by atoms with Crippen LogP contribution in [-0.4, -0.2) is 49.7 Å². The summed E-state index contributed by atoms with van der Waals surface area (Å²) >= 11 is 0. The van der Waals surface area contributed by atoms with E-state index in [4.69, 9.17) is 19.3 Å². The van der Waals surface area contributed by atoms with Crippen LogP contribution in [0, 0.1) is 0 Å². The van der Waals surface area contributed by atoms with E-state index in [0.717, 1.165) is 6.26 Å². The summed E-state index contributed by atoms with van der Waals surface area (Å²) in [5, 5.41) is 9.10. The Hall–Kier alpha value is -4.01. The van der Waals surface area contributed by atoms with Gasteiger partial charge in [0.2, 0.25) is 5.88 Å². The van der Waals surface area contributed by atoms with E-state index in [0.29, 0.717) is 29.0 Å². The lowest BCUT2D eigenvalue weighted by atomic mass is 9.88. The van der Waals surface area contributed by atoms with Crippen LogP contribution in [0.15, 0.2) is 42.6 Å². The van der Waals surface area contributed by atoms with Gasteiger partial charge in [-0.3, -0.25) is 4.79 Å². The third-order valence-electron chi connectivity index (χ3n) is 7.57. The van der Waals surface area contributed by atoms with Crippen LogP contribution in [0.2, 0.25) is 0 Å². The number of carboxylic acids is 1. The number of aliphatic carboxylic acids is 1. The molecule has 15 heteroatoms. The molecule has 0 fully saturated rings. The largest absolute Gasteiger partial charge is 0.494 e. The molecule has 0 radical (unpaired) electrons. The lowest BCUT2D eigenvalue weighted by molar-refractivity contribution is -0.142. The second kappa shape index (κ2) is 12.1. The molecule has 45 heavy (non-hydrogen) atoms. The Morgan fingerprint density at radius 1 is 1.07 bits per heavy atom. The zero-order valence-corrected chi connectivity index (χ0v) is 24.5. The van der Waals surface area contributed by atoms with Crippen LogP contribution in [0.5, 0.6) is 17.4 Å². The summed E-state index contributed by atoms with van der Waals surface area (Å²) in [6, 6.07) is 6.62. The number of hydrogen-bond donors (Lipinski definition) is 1. The fourth-order valence-corrected chi connectivity index (χ4v) is 6.29. The first kappa shape index (κ1) is 32.4. The molecule has 8 nitrogen and oxygen atoms in total. The zero-order chi connectivity index (χ0) is 32.7. The lowest BCUT2D eigenvalue weighted by Gasteiger charge is -2.23. The van der Waals surface area contributed by atoms with Gasteiger partial charge in [-0.25, -0.2) is 13.4 Å². The van der Waals surface area contributed by atoms with E-state index in [-0.39, 0.29) is 61.0 Å². The van der Waals surface area contributed by atoms with E-state index < -0.39 is 63.3 Å². The number of sulfone groups is 1. The molecular formula is C30H27F6NO7S. The van der Waals surface area contributed by atoms with Crippen molar-refractivity contribution in [2.75, 3.05) is 25.2 Å². The molecule has 1 aliphatic heterocycles. The predicted molar refractivity (Wildman–Crippen MR) is 148 cm³/mol. The zero-order valence-electron chi connectivity index (χ0n) is 23.7. The van der Waals surface area contributed by atoms with E-state index in [1.54, 1.807) is 6.07 Å². The molecular weight excluding hydrogens is 632 g/mol. The van der Waals surface area contributed by atoms with Crippen molar-refractivity contribution in [3.05, 3.63) is 70.4 Å². The second-order valence-corrected chi connectivity index (χ2v) is 13.2. The van der Waals surface area contributed by atoms with E-state index in [1.807, 2.05) is 0 Å².